The number of aromatic nitrogens is 3. The molecule has 252 valence electrons. The minimum atomic E-state index is -1.08. The molecular formula is C33H40F2N6O6. The van der Waals surface area contributed by atoms with Crippen molar-refractivity contribution in [3.8, 4) is 17.0 Å². The van der Waals surface area contributed by atoms with E-state index in [0.29, 0.717) is 74.3 Å². The van der Waals surface area contributed by atoms with E-state index in [1.54, 1.807) is 43.5 Å². The van der Waals surface area contributed by atoms with Crippen molar-refractivity contribution in [1.82, 2.24) is 25.0 Å². The molecule has 0 spiro atoms. The van der Waals surface area contributed by atoms with Gasteiger partial charge in [0.1, 0.15) is 5.60 Å². The average molecular weight is 655 g/mol. The number of benzene rings is 2. The van der Waals surface area contributed by atoms with Gasteiger partial charge in [-0.1, -0.05) is 6.92 Å². The molecule has 0 atom stereocenters. The monoisotopic (exact) mass is 654 g/mol. The highest BCUT2D eigenvalue weighted by Crippen LogP contribution is 2.31. The number of rotatable bonds is 15. The smallest absolute Gasteiger partial charge is 0.407 e. The van der Waals surface area contributed by atoms with Crippen LogP contribution in [0, 0.1) is 11.6 Å². The number of nitrogens with one attached hydrogen (secondary N) is 3. The summed E-state index contributed by atoms with van der Waals surface area (Å²) < 4.78 is 51.8. The molecule has 12 nitrogen and oxygen atoms in total. The number of imidazole rings is 1. The van der Waals surface area contributed by atoms with E-state index >= 15 is 0 Å². The van der Waals surface area contributed by atoms with Crippen LogP contribution in [0.5, 0.6) is 5.75 Å². The summed E-state index contributed by atoms with van der Waals surface area (Å²) in [5, 5.41) is 8.70. The van der Waals surface area contributed by atoms with Gasteiger partial charge < -0.3 is 34.9 Å². The van der Waals surface area contributed by atoms with Crippen molar-refractivity contribution in [3.63, 3.8) is 0 Å². The summed E-state index contributed by atoms with van der Waals surface area (Å²) in [4.78, 5) is 33.3. The number of ether oxygens (including phenoxy) is 4. The first-order chi connectivity index (χ1) is 22.5. The number of amides is 2. The molecule has 0 saturated carbocycles. The maximum atomic E-state index is 14.8. The van der Waals surface area contributed by atoms with Crippen molar-refractivity contribution in [2.24, 2.45) is 0 Å². The molecule has 2 heterocycles. The first-order valence-corrected chi connectivity index (χ1v) is 15.2. The number of carbonyl (C=O) groups is 2. The number of methoxy groups -OCH3 is 1. The lowest BCUT2D eigenvalue weighted by molar-refractivity contribution is 0.0400. The Morgan fingerprint density at radius 1 is 0.936 bits per heavy atom. The first-order valence-electron chi connectivity index (χ1n) is 15.2. The van der Waals surface area contributed by atoms with Crippen LogP contribution in [-0.2, 0) is 20.6 Å². The molecule has 0 unspecified atom stereocenters. The lowest BCUT2D eigenvalue weighted by Gasteiger charge is -2.19. The van der Waals surface area contributed by atoms with Crippen molar-refractivity contribution in [1.29, 1.82) is 0 Å². The van der Waals surface area contributed by atoms with Crippen molar-refractivity contribution in [3.05, 3.63) is 71.7 Å². The molecule has 47 heavy (non-hydrogen) atoms. The number of anilines is 2. The Kier molecular flexibility index (Phi) is 12.0. The van der Waals surface area contributed by atoms with Crippen LogP contribution in [0.1, 0.15) is 43.6 Å². The number of halogens is 2. The fraction of sp³-hybridized carbons (Fsp3) is 0.394. The number of aryl methyl sites for hydroxylation is 1. The van der Waals surface area contributed by atoms with Gasteiger partial charge in [-0.15, -0.1) is 0 Å². The van der Waals surface area contributed by atoms with Crippen molar-refractivity contribution in [2.45, 2.75) is 39.7 Å². The van der Waals surface area contributed by atoms with Crippen molar-refractivity contribution >= 4 is 29.2 Å². The standard InChI is InChI=1S/C33H40F2N6O6/c1-6-21-19-22(7-8-23(21)31(42)37-12-15-45-17-18-46-16-13-38-32(43)47-33(2,3)4)40-29-30-39-20-25(41(30)14-11-36-29)24-9-10-26(44-5)28(35)27(24)34/h7-11,14,19-20H,6,12-13,15-18H2,1-5H3,(H,36,40)(H,37,42)(H,38,43). The maximum Gasteiger partial charge on any atom is 0.407 e. The summed E-state index contributed by atoms with van der Waals surface area (Å²) in [7, 11) is 1.27. The van der Waals surface area contributed by atoms with Crippen molar-refractivity contribution < 1.29 is 37.3 Å². The number of hydrogen-bond acceptors (Lipinski definition) is 9. The largest absolute Gasteiger partial charge is 0.494 e. The number of fused-ring (bicyclic) bond motifs is 1. The van der Waals surface area contributed by atoms with Crippen LogP contribution < -0.4 is 20.7 Å². The highest BCUT2D eigenvalue weighted by molar-refractivity contribution is 5.96. The van der Waals surface area contributed by atoms with Crippen LogP contribution in [0.25, 0.3) is 16.9 Å². The van der Waals surface area contributed by atoms with E-state index in [-0.39, 0.29) is 17.2 Å². The highest BCUT2D eigenvalue weighted by Gasteiger charge is 2.20. The predicted molar refractivity (Wildman–Crippen MR) is 172 cm³/mol. The summed E-state index contributed by atoms with van der Waals surface area (Å²) in [6.45, 7) is 9.28. The minimum absolute atomic E-state index is 0.0278. The van der Waals surface area contributed by atoms with E-state index in [0.717, 1.165) is 5.56 Å². The Labute approximate surface area is 271 Å². The van der Waals surface area contributed by atoms with Crippen LogP contribution in [0.15, 0.2) is 48.9 Å². The average Bonchev–Trinajstić information content (AvgIpc) is 3.47. The van der Waals surface area contributed by atoms with Gasteiger partial charge in [0, 0.05) is 42.3 Å². The molecule has 4 aromatic rings. The van der Waals surface area contributed by atoms with Crippen LogP contribution in [0.4, 0.5) is 25.1 Å². The first kappa shape index (κ1) is 35.0. The number of alkyl carbamates (subject to hydrolysis) is 1. The fourth-order valence-corrected chi connectivity index (χ4v) is 4.61. The van der Waals surface area contributed by atoms with Gasteiger partial charge in [0.2, 0.25) is 5.82 Å². The Morgan fingerprint density at radius 3 is 2.34 bits per heavy atom. The third kappa shape index (κ3) is 9.36. The van der Waals surface area contributed by atoms with Gasteiger partial charge >= 0.3 is 6.09 Å². The summed E-state index contributed by atoms with van der Waals surface area (Å²) in [6, 6.07) is 8.13. The topological polar surface area (TPSA) is 137 Å². The lowest BCUT2D eigenvalue weighted by atomic mass is 10.0. The molecule has 14 heteroatoms. The second kappa shape index (κ2) is 16.1. The SMILES string of the molecule is CCc1cc(Nc2nccn3c(-c4ccc(OC)c(F)c4F)cnc23)ccc1C(=O)NCCOCCOCCNC(=O)OC(C)(C)C. The van der Waals surface area contributed by atoms with Gasteiger partial charge in [-0.05, 0) is 63.1 Å². The predicted octanol–water partition coefficient (Wildman–Crippen LogP) is 5.28. The van der Waals surface area contributed by atoms with Crippen LogP contribution in [0.3, 0.4) is 0 Å². The van der Waals surface area contributed by atoms with Gasteiger partial charge in [0.15, 0.2) is 23.0 Å². The van der Waals surface area contributed by atoms with E-state index in [1.807, 2.05) is 13.0 Å². The van der Waals surface area contributed by atoms with E-state index in [2.05, 4.69) is 25.9 Å². The van der Waals surface area contributed by atoms with Gasteiger partial charge in [-0.25, -0.2) is 19.2 Å². The van der Waals surface area contributed by atoms with E-state index < -0.39 is 23.3 Å². The molecule has 0 bridgehead atoms. The zero-order valence-corrected chi connectivity index (χ0v) is 27.1. The van der Waals surface area contributed by atoms with Gasteiger partial charge in [0.05, 0.1) is 45.4 Å². The zero-order valence-electron chi connectivity index (χ0n) is 27.1. The highest BCUT2D eigenvalue weighted by atomic mass is 19.2. The van der Waals surface area contributed by atoms with Gasteiger partial charge in [-0.3, -0.25) is 9.20 Å². The molecule has 2 aromatic heterocycles. The minimum Gasteiger partial charge on any atom is -0.494 e. The van der Waals surface area contributed by atoms with Crippen LogP contribution >= 0.6 is 0 Å². The number of hydrogen-bond donors (Lipinski definition) is 3. The zero-order chi connectivity index (χ0) is 34.0. The fourth-order valence-electron chi connectivity index (χ4n) is 4.61. The summed E-state index contributed by atoms with van der Waals surface area (Å²) in [5.41, 5.74) is 2.24. The molecular weight excluding hydrogens is 614 g/mol. The molecule has 0 aliphatic rings. The quantitative estimate of drug-likeness (QED) is 0.146. The number of nitrogens with zero attached hydrogens (tertiary/aromatic N) is 3. The van der Waals surface area contributed by atoms with Crippen molar-refractivity contribution in [2.75, 3.05) is 51.9 Å². The van der Waals surface area contributed by atoms with E-state index in [1.165, 1.54) is 31.6 Å². The maximum absolute atomic E-state index is 14.8. The van der Waals surface area contributed by atoms with E-state index in [4.69, 9.17) is 18.9 Å². The van der Waals surface area contributed by atoms with E-state index in [9.17, 15) is 18.4 Å². The second-order valence-corrected chi connectivity index (χ2v) is 11.3. The number of carbonyl (C=O) groups excluding carboxylic acids is 2. The third-order valence-electron chi connectivity index (χ3n) is 6.78. The molecule has 0 fully saturated rings. The molecule has 2 amide bonds. The van der Waals surface area contributed by atoms with Crippen LogP contribution in [-0.4, -0.2) is 78.6 Å². The second-order valence-electron chi connectivity index (χ2n) is 11.3. The molecule has 3 N–H and O–H groups in total. The van der Waals surface area contributed by atoms with Gasteiger partial charge in [-0.2, -0.15) is 4.39 Å². The molecule has 0 aliphatic heterocycles. The molecule has 4 rings (SSSR count). The normalized spacial score (nSPS) is 11.4. The third-order valence-corrected chi connectivity index (χ3v) is 6.78. The molecule has 0 radical (unpaired) electrons. The Hall–Kier alpha value is -4.82. The molecule has 0 saturated heterocycles. The molecule has 0 aliphatic carbocycles. The Bertz CT molecular complexity index is 1690. The lowest BCUT2D eigenvalue weighted by Crippen LogP contribution is -2.34. The Balaban J connectivity index is 1.27. The summed E-state index contributed by atoms with van der Waals surface area (Å²) in [6.07, 6.45) is 4.69. The van der Waals surface area contributed by atoms with Gasteiger partial charge in [0.25, 0.3) is 5.91 Å². The molecule has 2 aromatic carbocycles. The van der Waals surface area contributed by atoms with Crippen LogP contribution in [0.2, 0.25) is 0 Å². The Morgan fingerprint density at radius 2 is 1.66 bits per heavy atom. The summed E-state index contributed by atoms with van der Waals surface area (Å²) in [5.74, 6) is -2.14. The summed E-state index contributed by atoms with van der Waals surface area (Å²) >= 11 is 0.